The Morgan fingerprint density at radius 2 is 1.81 bits per heavy atom. The summed E-state index contributed by atoms with van der Waals surface area (Å²) in [5.41, 5.74) is 2.36. The number of hydrogen-bond acceptors (Lipinski definition) is 4. The highest BCUT2D eigenvalue weighted by atomic mass is 16.5. The van der Waals surface area contributed by atoms with E-state index in [0.717, 1.165) is 5.56 Å². The molecule has 108 valence electrons. The minimum atomic E-state index is -0.430. The van der Waals surface area contributed by atoms with E-state index in [1.165, 1.54) is 19.2 Å². The molecule has 2 amide bonds. The number of aryl methyl sites for hydroxylation is 1. The third-order valence-electron chi connectivity index (χ3n) is 2.85. The Bertz CT molecular complexity index is 654. The zero-order valence-electron chi connectivity index (χ0n) is 11.7. The quantitative estimate of drug-likeness (QED) is 0.832. The van der Waals surface area contributed by atoms with Crippen LogP contribution in [-0.2, 0) is 0 Å². The van der Waals surface area contributed by atoms with Crippen molar-refractivity contribution in [2.45, 2.75) is 6.92 Å². The van der Waals surface area contributed by atoms with Crippen molar-refractivity contribution in [3.05, 3.63) is 52.9 Å². The van der Waals surface area contributed by atoms with Gasteiger partial charge in [0.05, 0.1) is 12.8 Å². The average Bonchev–Trinajstić information content (AvgIpc) is 2.49. The van der Waals surface area contributed by atoms with E-state index in [4.69, 9.17) is 4.74 Å². The molecule has 0 saturated carbocycles. The first-order chi connectivity index (χ1) is 10.1. The maximum atomic E-state index is 11.9. The Morgan fingerprint density at radius 1 is 1.10 bits per heavy atom. The Balaban J connectivity index is 2.11. The van der Waals surface area contributed by atoms with Crippen LogP contribution in [0.4, 0.5) is 21.9 Å². The summed E-state index contributed by atoms with van der Waals surface area (Å²) in [5.74, 6) is 0.446. The molecule has 2 aromatic rings. The molecule has 2 N–H and O–H groups in total. The van der Waals surface area contributed by atoms with Gasteiger partial charge >= 0.3 is 6.03 Å². The number of urea groups is 1. The summed E-state index contributed by atoms with van der Waals surface area (Å²) in [4.78, 5) is 22.5. The number of rotatable bonds is 4. The lowest BCUT2D eigenvalue weighted by Gasteiger charge is -2.11. The van der Waals surface area contributed by atoms with Crippen LogP contribution in [0.15, 0.2) is 47.6 Å². The third-order valence-corrected chi connectivity index (χ3v) is 2.85. The van der Waals surface area contributed by atoms with Gasteiger partial charge in [0.2, 0.25) is 0 Å². The molecule has 0 aliphatic rings. The normalized spacial score (nSPS) is 9.81. The van der Waals surface area contributed by atoms with Crippen molar-refractivity contribution in [2.75, 3.05) is 17.7 Å². The lowest BCUT2D eigenvalue weighted by molar-refractivity contribution is 0.262. The van der Waals surface area contributed by atoms with Crippen LogP contribution in [0.3, 0.4) is 0 Å². The molecule has 6 nitrogen and oxygen atoms in total. The van der Waals surface area contributed by atoms with Crippen LogP contribution in [-0.4, -0.2) is 13.1 Å². The van der Waals surface area contributed by atoms with E-state index in [1.54, 1.807) is 18.2 Å². The first-order valence-electron chi connectivity index (χ1n) is 6.28. The van der Waals surface area contributed by atoms with E-state index < -0.39 is 6.03 Å². The fourth-order valence-corrected chi connectivity index (χ4v) is 1.77. The lowest BCUT2D eigenvalue weighted by atomic mass is 10.2. The van der Waals surface area contributed by atoms with Crippen molar-refractivity contribution in [1.82, 2.24) is 0 Å². The van der Waals surface area contributed by atoms with Crippen LogP contribution in [0.25, 0.3) is 0 Å². The molecular formula is C15H15N3O3. The van der Waals surface area contributed by atoms with Crippen molar-refractivity contribution in [3.8, 4) is 5.75 Å². The molecular weight excluding hydrogens is 270 g/mol. The molecule has 0 atom stereocenters. The molecule has 0 radical (unpaired) electrons. The van der Waals surface area contributed by atoms with Crippen LogP contribution in [0.5, 0.6) is 5.75 Å². The first kappa shape index (κ1) is 14.5. The maximum Gasteiger partial charge on any atom is 0.323 e. The zero-order chi connectivity index (χ0) is 15.2. The predicted octanol–water partition coefficient (Wildman–Crippen LogP) is 4.05. The molecule has 0 unspecified atom stereocenters. The molecule has 0 saturated heterocycles. The Labute approximate surface area is 122 Å². The lowest BCUT2D eigenvalue weighted by Crippen LogP contribution is -2.19. The van der Waals surface area contributed by atoms with Crippen LogP contribution in [0, 0.1) is 11.8 Å². The summed E-state index contributed by atoms with van der Waals surface area (Å²) in [6.45, 7) is 1.96. The molecule has 0 heterocycles. The number of anilines is 2. The highest BCUT2D eigenvalue weighted by Gasteiger charge is 2.09. The first-order valence-corrected chi connectivity index (χ1v) is 6.28. The van der Waals surface area contributed by atoms with Gasteiger partial charge in [0.1, 0.15) is 11.4 Å². The second-order valence-corrected chi connectivity index (χ2v) is 4.42. The molecule has 0 fully saturated rings. The standard InChI is InChI=1S/C15H15N3O3/c1-10-3-5-11(6-4-10)16-15(19)17-13-9-12(18-20)7-8-14(13)21-2/h3-9H,1-2H3,(H2,16,17,19). The summed E-state index contributed by atoms with van der Waals surface area (Å²) in [5, 5.41) is 8.15. The van der Waals surface area contributed by atoms with Crippen molar-refractivity contribution in [2.24, 2.45) is 5.18 Å². The highest BCUT2D eigenvalue weighted by molar-refractivity contribution is 6.00. The summed E-state index contributed by atoms with van der Waals surface area (Å²) in [7, 11) is 1.48. The second kappa shape index (κ2) is 6.51. The van der Waals surface area contributed by atoms with Gasteiger partial charge in [-0.1, -0.05) is 17.7 Å². The summed E-state index contributed by atoms with van der Waals surface area (Å²) >= 11 is 0. The number of benzene rings is 2. The Morgan fingerprint density at radius 3 is 2.43 bits per heavy atom. The van der Waals surface area contributed by atoms with Gasteiger partial charge in [-0.15, -0.1) is 4.91 Å². The van der Waals surface area contributed by atoms with Crippen molar-refractivity contribution >= 4 is 23.1 Å². The number of nitrogens with zero attached hydrogens (tertiary/aromatic N) is 1. The fourth-order valence-electron chi connectivity index (χ4n) is 1.77. The summed E-state index contributed by atoms with van der Waals surface area (Å²) in [6.07, 6.45) is 0. The number of nitroso groups, excluding NO2 is 1. The van der Waals surface area contributed by atoms with Crippen molar-refractivity contribution in [3.63, 3.8) is 0 Å². The molecule has 0 aliphatic carbocycles. The number of ether oxygens (including phenoxy) is 1. The van der Waals surface area contributed by atoms with E-state index in [-0.39, 0.29) is 5.69 Å². The molecule has 0 spiro atoms. The topological polar surface area (TPSA) is 79.8 Å². The largest absolute Gasteiger partial charge is 0.495 e. The van der Waals surface area contributed by atoms with Crippen LogP contribution < -0.4 is 15.4 Å². The van der Waals surface area contributed by atoms with E-state index in [9.17, 15) is 9.70 Å². The van der Waals surface area contributed by atoms with E-state index >= 15 is 0 Å². The van der Waals surface area contributed by atoms with Gasteiger partial charge < -0.3 is 15.4 Å². The zero-order valence-corrected chi connectivity index (χ0v) is 11.7. The Hall–Kier alpha value is -2.89. The number of methoxy groups -OCH3 is 1. The number of hydrogen-bond donors (Lipinski definition) is 2. The predicted molar refractivity (Wildman–Crippen MR) is 82.3 cm³/mol. The minimum Gasteiger partial charge on any atom is -0.495 e. The van der Waals surface area contributed by atoms with Gasteiger partial charge in [-0.2, -0.15) is 0 Å². The molecule has 6 heteroatoms. The summed E-state index contributed by atoms with van der Waals surface area (Å²) in [6, 6.07) is 11.5. The van der Waals surface area contributed by atoms with Gasteiger partial charge in [-0.05, 0) is 42.4 Å². The number of carbonyl (C=O) groups excluding carboxylic acids is 1. The van der Waals surface area contributed by atoms with Crippen molar-refractivity contribution < 1.29 is 9.53 Å². The molecule has 0 aromatic heterocycles. The minimum absolute atomic E-state index is 0.210. The van der Waals surface area contributed by atoms with Gasteiger partial charge in [0.25, 0.3) is 0 Å². The third kappa shape index (κ3) is 3.79. The second-order valence-electron chi connectivity index (χ2n) is 4.42. The number of nitrogens with one attached hydrogen (secondary N) is 2. The molecule has 0 aliphatic heterocycles. The van der Waals surface area contributed by atoms with E-state index in [2.05, 4.69) is 15.8 Å². The van der Waals surface area contributed by atoms with E-state index in [0.29, 0.717) is 17.1 Å². The fraction of sp³-hybridized carbons (Fsp3) is 0.133. The molecule has 2 aromatic carbocycles. The summed E-state index contributed by atoms with van der Waals surface area (Å²) < 4.78 is 5.13. The maximum absolute atomic E-state index is 11.9. The monoisotopic (exact) mass is 285 g/mol. The average molecular weight is 285 g/mol. The SMILES string of the molecule is COc1ccc(N=O)cc1NC(=O)Nc1ccc(C)cc1. The van der Waals surface area contributed by atoms with Gasteiger partial charge in [0.15, 0.2) is 0 Å². The van der Waals surface area contributed by atoms with Crippen LogP contribution in [0.1, 0.15) is 5.56 Å². The van der Waals surface area contributed by atoms with Crippen molar-refractivity contribution in [1.29, 1.82) is 0 Å². The molecule has 0 bridgehead atoms. The van der Waals surface area contributed by atoms with Crippen LogP contribution >= 0.6 is 0 Å². The van der Waals surface area contributed by atoms with Crippen LogP contribution in [0.2, 0.25) is 0 Å². The molecule has 2 rings (SSSR count). The smallest absolute Gasteiger partial charge is 0.323 e. The van der Waals surface area contributed by atoms with Gasteiger partial charge in [-0.25, -0.2) is 4.79 Å². The number of carbonyl (C=O) groups is 1. The van der Waals surface area contributed by atoms with Gasteiger partial charge in [-0.3, -0.25) is 0 Å². The van der Waals surface area contributed by atoms with Gasteiger partial charge in [0, 0.05) is 5.69 Å². The Kier molecular flexibility index (Phi) is 4.50. The number of amides is 2. The van der Waals surface area contributed by atoms with E-state index in [1.807, 2.05) is 19.1 Å². The highest BCUT2D eigenvalue weighted by Crippen LogP contribution is 2.29. The molecule has 21 heavy (non-hydrogen) atoms.